The van der Waals surface area contributed by atoms with Crippen molar-refractivity contribution in [2.75, 3.05) is 24.3 Å². The van der Waals surface area contributed by atoms with Gasteiger partial charge in [-0.3, -0.25) is 9.59 Å². The van der Waals surface area contributed by atoms with Gasteiger partial charge < -0.3 is 15.4 Å². The number of carbonyl (C=O) groups is 2. The first kappa shape index (κ1) is 23.0. The number of hydrogen-bond donors (Lipinski definition) is 3. The molecule has 3 aromatic carbocycles. The van der Waals surface area contributed by atoms with Gasteiger partial charge in [0.1, 0.15) is 5.75 Å². The highest BCUT2D eigenvalue weighted by molar-refractivity contribution is 7.89. The van der Waals surface area contributed by atoms with E-state index in [1.165, 1.54) is 12.1 Å². The Labute approximate surface area is 186 Å². The molecule has 0 aromatic heterocycles. The van der Waals surface area contributed by atoms with E-state index in [-0.39, 0.29) is 23.4 Å². The lowest BCUT2D eigenvalue weighted by Crippen LogP contribution is -2.28. The van der Waals surface area contributed by atoms with Crippen LogP contribution in [0.5, 0.6) is 5.75 Å². The molecule has 0 saturated carbocycles. The highest BCUT2D eigenvalue weighted by Crippen LogP contribution is 2.19. The van der Waals surface area contributed by atoms with Gasteiger partial charge in [-0.05, 0) is 48.5 Å². The number of ether oxygens (including phenoxy) is 1. The molecule has 0 aliphatic heterocycles. The second-order valence-corrected chi connectivity index (χ2v) is 8.50. The van der Waals surface area contributed by atoms with Gasteiger partial charge in [0.25, 0.3) is 5.91 Å². The van der Waals surface area contributed by atoms with Crippen LogP contribution in [0.3, 0.4) is 0 Å². The number of rotatable bonds is 9. The predicted molar refractivity (Wildman–Crippen MR) is 122 cm³/mol. The molecular weight excluding hydrogens is 430 g/mol. The maximum Gasteiger partial charge on any atom is 0.257 e. The Morgan fingerprint density at radius 1 is 0.844 bits per heavy atom. The molecule has 3 aromatic rings. The van der Waals surface area contributed by atoms with Gasteiger partial charge in [-0.1, -0.05) is 30.3 Å². The van der Waals surface area contributed by atoms with Crippen LogP contribution in [0.2, 0.25) is 0 Å². The van der Waals surface area contributed by atoms with Gasteiger partial charge in [0.2, 0.25) is 15.9 Å². The fraction of sp³-hybridized carbons (Fsp3) is 0.130. The minimum Gasteiger partial charge on any atom is -0.497 e. The molecule has 2 amide bonds. The Morgan fingerprint density at radius 2 is 1.50 bits per heavy atom. The molecule has 32 heavy (non-hydrogen) atoms. The molecule has 0 fully saturated rings. The summed E-state index contributed by atoms with van der Waals surface area (Å²) in [6, 6.07) is 21.3. The average Bonchev–Trinajstić information content (AvgIpc) is 2.80. The summed E-state index contributed by atoms with van der Waals surface area (Å²) >= 11 is 0. The lowest BCUT2D eigenvalue weighted by atomic mass is 10.1. The van der Waals surface area contributed by atoms with E-state index in [1.54, 1.807) is 73.8 Å². The van der Waals surface area contributed by atoms with Crippen molar-refractivity contribution in [3.63, 3.8) is 0 Å². The molecule has 0 saturated heterocycles. The molecule has 0 radical (unpaired) electrons. The minimum atomic E-state index is -3.69. The molecule has 0 bridgehead atoms. The van der Waals surface area contributed by atoms with Gasteiger partial charge in [0.05, 0.1) is 23.3 Å². The molecule has 0 unspecified atom stereocenters. The first-order valence-electron chi connectivity index (χ1n) is 9.78. The number of benzene rings is 3. The van der Waals surface area contributed by atoms with Crippen LogP contribution in [0.1, 0.15) is 16.8 Å². The molecule has 3 N–H and O–H groups in total. The van der Waals surface area contributed by atoms with Crippen molar-refractivity contribution in [1.29, 1.82) is 0 Å². The van der Waals surface area contributed by atoms with Crippen LogP contribution in [0.4, 0.5) is 11.4 Å². The molecular formula is C23H23N3O5S. The van der Waals surface area contributed by atoms with Crippen molar-refractivity contribution in [3.05, 3.63) is 84.4 Å². The standard InChI is InChI=1S/C23H23N3O5S/c1-31-18-13-11-17(12-14-18)25-23(28)20-9-5-6-10-21(20)26-22(27)15-16-24-32(29,30)19-7-3-2-4-8-19/h2-14,24H,15-16H2,1H3,(H,25,28)(H,26,27). The van der Waals surface area contributed by atoms with E-state index in [9.17, 15) is 18.0 Å². The highest BCUT2D eigenvalue weighted by Gasteiger charge is 2.16. The Morgan fingerprint density at radius 3 is 2.19 bits per heavy atom. The highest BCUT2D eigenvalue weighted by atomic mass is 32.2. The van der Waals surface area contributed by atoms with E-state index < -0.39 is 21.8 Å². The van der Waals surface area contributed by atoms with E-state index in [1.807, 2.05) is 0 Å². The Kier molecular flexibility index (Phi) is 7.58. The number of sulfonamides is 1. The number of amides is 2. The van der Waals surface area contributed by atoms with Gasteiger partial charge in [-0.2, -0.15) is 0 Å². The van der Waals surface area contributed by atoms with E-state index in [0.717, 1.165) is 0 Å². The number of para-hydroxylation sites is 1. The van der Waals surface area contributed by atoms with E-state index >= 15 is 0 Å². The number of methoxy groups -OCH3 is 1. The molecule has 8 nitrogen and oxygen atoms in total. The van der Waals surface area contributed by atoms with E-state index in [0.29, 0.717) is 17.1 Å². The zero-order valence-electron chi connectivity index (χ0n) is 17.4. The Balaban J connectivity index is 1.59. The SMILES string of the molecule is COc1ccc(NC(=O)c2ccccc2NC(=O)CCNS(=O)(=O)c2ccccc2)cc1. The summed E-state index contributed by atoms with van der Waals surface area (Å²) in [6.07, 6.45) is -0.0967. The van der Waals surface area contributed by atoms with Crippen LogP contribution in [0.25, 0.3) is 0 Å². The smallest absolute Gasteiger partial charge is 0.257 e. The zero-order valence-corrected chi connectivity index (χ0v) is 18.2. The minimum absolute atomic E-state index is 0.0801. The van der Waals surface area contributed by atoms with Crippen LogP contribution in [0.15, 0.2) is 83.8 Å². The van der Waals surface area contributed by atoms with Crippen LogP contribution >= 0.6 is 0 Å². The summed E-state index contributed by atoms with van der Waals surface area (Å²) in [5, 5.41) is 5.43. The molecule has 0 spiro atoms. The van der Waals surface area contributed by atoms with Crippen molar-refractivity contribution in [2.24, 2.45) is 0 Å². The van der Waals surface area contributed by atoms with E-state index in [4.69, 9.17) is 4.74 Å². The third-order valence-electron chi connectivity index (χ3n) is 4.49. The summed E-state index contributed by atoms with van der Waals surface area (Å²) in [6.45, 7) is -0.0801. The maximum atomic E-state index is 12.7. The summed E-state index contributed by atoms with van der Waals surface area (Å²) in [5.41, 5.74) is 1.18. The third kappa shape index (κ3) is 6.16. The topological polar surface area (TPSA) is 114 Å². The fourth-order valence-electron chi connectivity index (χ4n) is 2.86. The van der Waals surface area contributed by atoms with Crippen molar-refractivity contribution < 1.29 is 22.7 Å². The largest absolute Gasteiger partial charge is 0.497 e. The summed E-state index contributed by atoms with van der Waals surface area (Å²) in [7, 11) is -2.14. The van der Waals surface area contributed by atoms with Gasteiger partial charge in [0.15, 0.2) is 0 Å². The first-order valence-corrected chi connectivity index (χ1v) is 11.3. The van der Waals surface area contributed by atoms with Crippen LogP contribution in [-0.2, 0) is 14.8 Å². The molecule has 9 heteroatoms. The Bertz CT molecular complexity index is 1180. The molecule has 166 valence electrons. The maximum absolute atomic E-state index is 12.7. The number of anilines is 2. The van der Waals surface area contributed by atoms with Gasteiger partial charge in [-0.15, -0.1) is 0 Å². The van der Waals surface area contributed by atoms with Gasteiger partial charge in [-0.25, -0.2) is 13.1 Å². The van der Waals surface area contributed by atoms with Gasteiger partial charge in [0, 0.05) is 18.7 Å². The first-order chi connectivity index (χ1) is 15.4. The fourth-order valence-corrected chi connectivity index (χ4v) is 3.91. The molecule has 0 aliphatic rings. The second kappa shape index (κ2) is 10.6. The van der Waals surface area contributed by atoms with E-state index in [2.05, 4.69) is 15.4 Å². The normalized spacial score (nSPS) is 10.9. The van der Waals surface area contributed by atoms with Gasteiger partial charge >= 0.3 is 0 Å². The van der Waals surface area contributed by atoms with Crippen molar-refractivity contribution >= 4 is 33.2 Å². The second-order valence-electron chi connectivity index (χ2n) is 6.74. The van der Waals surface area contributed by atoms with Crippen LogP contribution in [0, 0.1) is 0 Å². The summed E-state index contributed by atoms with van der Waals surface area (Å²) in [4.78, 5) is 25.2. The van der Waals surface area contributed by atoms with Crippen molar-refractivity contribution in [1.82, 2.24) is 4.72 Å². The number of carbonyl (C=O) groups excluding carboxylic acids is 2. The third-order valence-corrected chi connectivity index (χ3v) is 5.97. The lowest BCUT2D eigenvalue weighted by molar-refractivity contribution is -0.116. The average molecular weight is 454 g/mol. The molecule has 3 rings (SSSR count). The number of hydrogen-bond acceptors (Lipinski definition) is 5. The van der Waals surface area contributed by atoms with Crippen molar-refractivity contribution in [3.8, 4) is 5.75 Å². The van der Waals surface area contributed by atoms with Crippen LogP contribution in [-0.4, -0.2) is 33.9 Å². The summed E-state index contributed by atoms with van der Waals surface area (Å²) < 4.78 is 31.9. The molecule has 0 atom stereocenters. The molecule has 0 aliphatic carbocycles. The van der Waals surface area contributed by atoms with Crippen molar-refractivity contribution in [2.45, 2.75) is 11.3 Å². The monoisotopic (exact) mass is 453 g/mol. The molecule has 0 heterocycles. The Hall–Kier alpha value is -3.69. The predicted octanol–water partition coefficient (Wildman–Crippen LogP) is 3.25. The number of nitrogens with one attached hydrogen (secondary N) is 3. The van der Waals surface area contributed by atoms with Crippen LogP contribution < -0.4 is 20.1 Å². The zero-order chi connectivity index (χ0) is 23.0. The quantitative estimate of drug-likeness (QED) is 0.460. The lowest BCUT2D eigenvalue weighted by Gasteiger charge is -2.12. The summed E-state index contributed by atoms with van der Waals surface area (Å²) in [5.74, 6) is -0.153.